The third-order valence-corrected chi connectivity index (χ3v) is 11.0. The summed E-state index contributed by atoms with van der Waals surface area (Å²) in [5.74, 6) is -0.0749. The molecular formula is C31H42F2N6O4. The number of likely N-dealkylation sites (tertiary alicyclic amines) is 1. The van der Waals surface area contributed by atoms with Gasteiger partial charge in [-0.2, -0.15) is 9.37 Å². The van der Waals surface area contributed by atoms with Gasteiger partial charge in [0.1, 0.15) is 12.3 Å². The summed E-state index contributed by atoms with van der Waals surface area (Å²) in [7, 11) is 1.88. The van der Waals surface area contributed by atoms with Crippen LogP contribution in [-0.2, 0) is 21.3 Å². The number of halogens is 2. The number of nitrogens with one attached hydrogen (secondary N) is 1. The smallest absolute Gasteiger partial charge is 0.256 e. The first-order valence-electron chi connectivity index (χ1n) is 16.2. The van der Waals surface area contributed by atoms with Crippen LogP contribution in [0.2, 0.25) is 0 Å². The van der Waals surface area contributed by atoms with Crippen molar-refractivity contribution in [2.24, 2.45) is 0 Å². The van der Waals surface area contributed by atoms with Gasteiger partial charge in [0.15, 0.2) is 28.9 Å². The van der Waals surface area contributed by atoms with E-state index in [4.69, 9.17) is 23.7 Å². The van der Waals surface area contributed by atoms with Gasteiger partial charge in [0.25, 0.3) is 5.88 Å². The highest BCUT2D eigenvalue weighted by atomic mass is 19.1. The Bertz CT molecular complexity index is 1380. The number of piperazine rings is 1. The van der Waals surface area contributed by atoms with Crippen molar-refractivity contribution in [1.29, 1.82) is 0 Å². The summed E-state index contributed by atoms with van der Waals surface area (Å²) in [6.45, 7) is 5.39. The van der Waals surface area contributed by atoms with E-state index in [2.05, 4.69) is 15.5 Å². The maximum Gasteiger partial charge on any atom is 0.256 e. The van der Waals surface area contributed by atoms with Crippen molar-refractivity contribution >= 4 is 5.82 Å². The van der Waals surface area contributed by atoms with Gasteiger partial charge in [0, 0.05) is 49.7 Å². The predicted octanol–water partition coefficient (Wildman–Crippen LogP) is 3.91. The van der Waals surface area contributed by atoms with Gasteiger partial charge in [0.05, 0.1) is 18.6 Å². The van der Waals surface area contributed by atoms with Gasteiger partial charge >= 0.3 is 0 Å². The number of hydrogen-bond acceptors (Lipinski definition) is 10. The molecule has 5 fully saturated rings. The Morgan fingerprint density at radius 2 is 1.86 bits per heavy atom. The molecule has 8 rings (SSSR count). The average Bonchev–Trinajstić information content (AvgIpc) is 3.34. The van der Waals surface area contributed by atoms with Gasteiger partial charge in [-0.1, -0.05) is 11.6 Å². The lowest BCUT2D eigenvalue weighted by molar-refractivity contribution is -0.235. The van der Waals surface area contributed by atoms with E-state index in [1.165, 1.54) is 0 Å². The maximum atomic E-state index is 16.3. The second kappa shape index (κ2) is 10.3. The van der Waals surface area contributed by atoms with Gasteiger partial charge in [0.2, 0.25) is 5.82 Å². The first-order chi connectivity index (χ1) is 20.8. The Morgan fingerprint density at radius 1 is 1.07 bits per heavy atom. The maximum absolute atomic E-state index is 16.3. The van der Waals surface area contributed by atoms with Crippen LogP contribution in [0.3, 0.4) is 0 Å². The number of hydrogen-bond donors (Lipinski definition) is 1. The van der Waals surface area contributed by atoms with Crippen molar-refractivity contribution in [2.75, 3.05) is 51.3 Å². The third-order valence-electron chi connectivity index (χ3n) is 11.0. The fourth-order valence-electron chi connectivity index (χ4n) is 8.67. The van der Waals surface area contributed by atoms with Gasteiger partial charge in [-0.15, -0.1) is 0 Å². The number of nitrogens with zero attached hydrogens (tertiary/aromatic N) is 5. The molecule has 10 nitrogen and oxygen atoms in total. The Hall–Kier alpha value is -2.41. The standard InChI is InChI=1S/C31H42F2N6O4/c1-19(22-16-20(32)17-38(22)2)42-28-23(33)27(39-13-12-34-29(18-39)10-11-29)35-26(36-28)24-21-6-5-8-30(25(21)43-37-24)7-3-4-9-31(30)40-14-15-41-31/h19-20,22,34H,3-18H2,1-2H3/t19-,20+,22-,30-/m0/s1. The molecule has 3 spiro atoms. The number of alkyl halides is 1. The molecule has 0 bridgehead atoms. The molecule has 0 aromatic carbocycles. The lowest BCUT2D eigenvalue weighted by Crippen LogP contribution is -2.56. The van der Waals surface area contributed by atoms with E-state index >= 15 is 4.39 Å². The summed E-state index contributed by atoms with van der Waals surface area (Å²) >= 11 is 0. The molecule has 1 N–H and O–H groups in total. The van der Waals surface area contributed by atoms with E-state index in [1.54, 1.807) is 0 Å². The van der Waals surface area contributed by atoms with E-state index < -0.39 is 29.3 Å². The van der Waals surface area contributed by atoms with Gasteiger partial charge in [-0.25, -0.2) is 9.37 Å². The molecule has 2 aromatic heterocycles. The SMILES string of the molecule is C[C@H](Oc1nc(-c2noc3c2CCC[C@@]32CCCCC23OCCO3)nc(N2CCNC3(CC3)C2)c1F)[C@@H]1C[C@@H](F)CN1C. The second-order valence-electron chi connectivity index (χ2n) is 13.7. The van der Waals surface area contributed by atoms with Crippen LogP contribution in [0.1, 0.15) is 76.0 Å². The third kappa shape index (κ3) is 4.49. The van der Waals surface area contributed by atoms with Crippen LogP contribution in [-0.4, -0.2) is 96.1 Å². The van der Waals surface area contributed by atoms with Crippen LogP contribution in [0, 0.1) is 5.82 Å². The zero-order valence-corrected chi connectivity index (χ0v) is 25.2. The number of likely N-dealkylation sites (N-methyl/N-ethyl adjacent to an activating group) is 1. The highest BCUT2D eigenvalue weighted by Crippen LogP contribution is 2.57. The molecule has 0 amide bonds. The van der Waals surface area contributed by atoms with Gasteiger partial charge in [-0.3, -0.25) is 4.90 Å². The molecule has 43 heavy (non-hydrogen) atoms. The van der Waals surface area contributed by atoms with Crippen LogP contribution in [0.4, 0.5) is 14.6 Å². The molecule has 12 heteroatoms. The number of aromatic nitrogens is 3. The highest BCUT2D eigenvalue weighted by molar-refractivity contribution is 5.61. The van der Waals surface area contributed by atoms with Crippen molar-refractivity contribution in [3.63, 3.8) is 0 Å². The average molecular weight is 601 g/mol. The second-order valence-corrected chi connectivity index (χ2v) is 13.7. The zero-order valence-electron chi connectivity index (χ0n) is 25.2. The number of ether oxygens (including phenoxy) is 3. The summed E-state index contributed by atoms with van der Waals surface area (Å²) < 4.78 is 55.7. The first-order valence-corrected chi connectivity index (χ1v) is 16.2. The number of fused-ring (bicyclic) bond motifs is 3. The van der Waals surface area contributed by atoms with Crippen LogP contribution < -0.4 is 15.0 Å². The van der Waals surface area contributed by atoms with Crippen LogP contribution in [0.5, 0.6) is 5.88 Å². The zero-order chi connectivity index (χ0) is 29.4. The summed E-state index contributed by atoms with van der Waals surface area (Å²) in [5, 5.41) is 8.16. The predicted molar refractivity (Wildman–Crippen MR) is 153 cm³/mol. The molecule has 0 radical (unpaired) electrons. The Morgan fingerprint density at radius 3 is 2.63 bits per heavy atom. The van der Waals surface area contributed by atoms with Crippen molar-refractivity contribution in [3.05, 3.63) is 17.1 Å². The largest absolute Gasteiger partial charge is 0.471 e. The van der Waals surface area contributed by atoms with Crippen molar-refractivity contribution in [3.8, 4) is 17.4 Å². The Labute approximate surface area is 250 Å². The lowest BCUT2D eigenvalue weighted by atomic mass is 9.61. The normalized spacial score (nSPS) is 32.0. The first kappa shape index (κ1) is 28.1. The minimum atomic E-state index is -0.928. The van der Waals surface area contributed by atoms with Crippen LogP contribution >= 0.6 is 0 Å². The molecular weight excluding hydrogens is 558 g/mol. The van der Waals surface area contributed by atoms with Crippen molar-refractivity contribution in [2.45, 2.75) is 106 Å². The summed E-state index contributed by atoms with van der Waals surface area (Å²) in [6, 6.07) is -0.182. The number of rotatable bonds is 5. The molecule has 3 aliphatic carbocycles. The minimum absolute atomic E-state index is 0.0167. The van der Waals surface area contributed by atoms with E-state index in [-0.39, 0.29) is 23.3 Å². The molecule has 3 aliphatic heterocycles. The lowest BCUT2D eigenvalue weighted by Gasteiger charge is -2.50. The summed E-state index contributed by atoms with van der Waals surface area (Å²) in [5.41, 5.74) is 1.09. The molecule has 0 unspecified atom stereocenters. The van der Waals surface area contributed by atoms with E-state index in [0.717, 1.165) is 75.7 Å². The van der Waals surface area contributed by atoms with Crippen LogP contribution in [0.15, 0.2) is 4.52 Å². The fraction of sp³-hybridized carbons (Fsp3) is 0.774. The molecule has 2 aromatic rings. The molecule has 4 atom stereocenters. The van der Waals surface area contributed by atoms with E-state index in [0.29, 0.717) is 50.8 Å². The topological polar surface area (TPSA) is 98.0 Å². The van der Waals surface area contributed by atoms with Crippen molar-refractivity contribution < 1.29 is 27.5 Å². The molecule has 234 valence electrons. The quantitative estimate of drug-likeness (QED) is 0.544. The van der Waals surface area contributed by atoms with Crippen LogP contribution in [0.25, 0.3) is 11.5 Å². The molecule has 6 aliphatic rings. The Balaban J connectivity index is 1.20. The van der Waals surface area contributed by atoms with E-state index in [9.17, 15) is 4.39 Å². The van der Waals surface area contributed by atoms with E-state index in [1.807, 2.05) is 23.8 Å². The molecule has 5 heterocycles. The van der Waals surface area contributed by atoms with Gasteiger partial charge in [-0.05, 0) is 65.3 Å². The Kier molecular flexibility index (Phi) is 6.74. The minimum Gasteiger partial charge on any atom is -0.471 e. The summed E-state index contributed by atoms with van der Waals surface area (Å²) in [6.07, 6.45) is 7.52. The monoisotopic (exact) mass is 600 g/mol. The molecule has 3 saturated heterocycles. The highest BCUT2D eigenvalue weighted by Gasteiger charge is 2.61. The van der Waals surface area contributed by atoms with Crippen molar-refractivity contribution in [1.82, 2.24) is 25.3 Å². The summed E-state index contributed by atoms with van der Waals surface area (Å²) in [4.78, 5) is 13.4. The van der Waals surface area contributed by atoms with Gasteiger partial charge < -0.3 is 29.0 Å². The molecule has 2 saturated carbocycles. The fourth-order valence-corrected chi connectivity index (χ4v) is 8.67. The number of anilines is 1.